The molecule has 0 aliphatic heterocycles. The SMILES string of the molecule is CC1(C)c2ccccc2-c2ccc3c(oc4cccc(N(c5ccc(-c6ccccc6)cc5)c5ccc(-c6ccc7ccccc7c6)cc5)c43)c21. The molecule has 242 valence electrons. The van der Waals surface area contributed by atoms with E-state index in [9.17, 15) is 0 Å². The molecule has 0 atom stereocenters. The molecule has 0 N–H and O–H groups in total. The quantitative estimate of drug-likeness (QED) is 0.184. The van der Waals surface area contributed by atoms with Gasteiger partial charge in [0.25, 0.3) is 0 Å². The Labute approximate surface area is 297 Å². The van der Waals surface area contributed by atoms with Crippen LogP contribution < -0.4 is 4.90 Å². The lowest BCUT2D eigenvalue weighted by Gasteiger charge is -2.27. The number of hydrogen-bond acceptors (Lipinski definition) is 2. The van der Waals surface area contributed by atoms with Crippen LogP contribution in [0.1, 0.15) is 25.0 Å². The fraction of sp³-hybridized carbons (Fsp3) is 0.0612. The summed E-state index contributed by atoms with van der Waals surface area (Å²) in [5.41, 5.74) is 14.9. The number of fused-ring (bicyclic) bond motifs is 8. The van der Waals surface area contributed by atoms with Gasteiger partial charge in [-0.15, -0.1) is 0 Å². The Morgan fingerprint density at radius 2 is 1.10 bits per heavy atom. The normalized spacial score (nSPS) is 13.1. The van der Waals surface area contributed by atoms with Crippen molar-refractivity contribution in [2.45, 2.75) is 19.3 Å². The summed E-state index contributed by atoms with van der Waals surface area (Å²) in [7, 11) is 0. The van der Waals surface area contributed by atoms with Gasteiger partial charge in [0.05, 0.1) is 11.1 Å². The van der Waals surface area contributed by atoms with Gasteiger partial charge in [0.15, 0.2) is 0 Å². The molecular formula is C49H35NO. The molecule has 9 aromatic rings. The Morgan fingerprint density at radius 1 is 0.471 bits per heavy atom. The highest BCUT2D eigenvalue weighted by molar-refractivity contribution is 6.15. The number of hydrogen-bond donors (Lipinski definition) is 0. The van der Waals surface area contributed by atoms with Crippen molar-refractivity contribution < 1.29 is 4.42 Å². The van der Waals surface area contributed by atoms with Crippen molar-refractivity contribution in [1.29, 1.82) is 0 Å². The average molecular weight is 654 g/mol. The second-order valence-corrected chi connectivity index (χ2v) is 14.1. The number of rotatable bonds is 5. The molecule has 0 amide bonds. The van der Waals surface area contributed by atoms with Crippen molar-refractivity contribution in [1.82, 2.24) is 0 Å². The summed E-state index contributed by atoms with van der Waals surface area (Å²) in [4.78, 5) is 2.38. The molecule has 0 unspecified atom stereocenters. The zero-order valence-corrected chi connectivity index (χ0v) is 28.6. The van der Waals surface area contributed by atoms with E-state index < -0.39 is 0 Å². The Bertz CT molecular complexity index is 2750. The molecule has 1 aliphatic rings. The van der Waals surface area contributed by atoms with Gasteiger partial charge in [-0.05, 0) is 98.2 Å². The predicted molar refractivity (Wildman–Crippen MR) is 214 cm³/mol. The number of anilines is 3. The largest absolute Gasteiger partial charge is 0.456 e. The third-order valence-electron chi connectivity index (χ3n) is 10.8. The standard InChI is InChI=1S/C49H35NO/c1-49(2)43-16-9-8-15-40(43)41-29-30-42-46-44(17-10-18-45(46)51-48(42)47(41)49)50(38-25-21-34(22-26-38)32-11-4-3-5-12-32)39-27-23-35(24-28-39)37-20-19-33-13-6-7-14-36(33)31-37/h3-31H,1-2H3. The van der Waals surface area contributed by atoms with Crippen LogP contribution in [0.5, 0.6) is 0 Å². The molecule has 8 aromatic carbocycles. The van der Waals surface area contributed by atoms with Crippen molar-refractivity contribution in [3.63, 3.8) is 0 Å². The third-order valence-corrected chi connectivity index (χ3v) is 10.8. The van der Waals surface area contributed by atoms with Gasteiger partial charge in [-0.3, -0.25) is 0 Å². The predicted octanol–water partition coefficient (Wildman–Crippen LogP) is 13.8. The molecule has 1 aromatic heterocycles. The van der Waals surface area contributed by atoms with Gasteiger partial charge >= 0.3 is 0 Å². The summed E-state index contributed by atoms with van der Waals surface area (Å²) in [5.74, 6) is 0. The minimum Gasteiger partial charge on any atom is -0.456 e. The highest BCUT2D eigenvalue weighted by Crippen LogP contribution is 2.53. The first-order valence-electron chi connectivity index (χ1n) is 17.7. The van der Waals surface area contributed by atoms with Crippen molar-refractivity contribution in [2.24, 2.45) is 0 Å². The molecule has 1 heterocycles. The minimum absolute atomic E-state index is 0.176. The maximum absolute atomic E-state index is 6.89. The van der Waals surface area contributed by atoms with E-state index in [4.69, 9.17) is 4.42 Å². The summed E-state index contributed by atoms with van der Waals surface area (Å²) in [6, 6.07) is 63.5. The first kappa shape index (κ1) is 29.5. The van der Waals surface area contributed by atoms with Gasteiger partial charge in [0, 0.05) is 27.7 Å². The number of benzene rings is 8. The van der Waals surface area contributed by atoms with E-state index in [2.05, 4.69) is 195 Å². The zero-order chi connectivity index (χ0) is 34.1. The monoisotopic (exact) mass is 653 g/mol. The van der Waals surface area contributed by atoms with Gasteiger partial charge in [-0.1, -0.05) is 141 Å². The Kier molecular flexibility index (Phi) is 6.56. The van der Waals surface area contributed by atoms with Crippen molar-refractivity contribution >= 4 is 49.8 Å². The average Bonchev–Trinajstić information content (AvgIpc) is 3.68. The van der Waals surface area contributed by atoms with Crippen molar-refractivity contribution in [3.05, 3.63) is 187 Å². The highest BCUT2D eigenvalue weighted by Gasteiger charge is 2.38. The van der Waals surface area contributed by atoms with E-state index in [1.165, 1.54) is 55.3 Å². The third kappa shape index (κ3) is 4.64. The van der Waals surface area contributed by atoms with E-state index in [1.54, 1.807) is 0 Å². The number of furan rings is 1. The molecule has 10 rings (SSSR count). The van der Waals surface area contributed by atoms with E-state index in [0.717, 1.165) is 39.0 Å². The van der Waals surface area contributed by atoms with Gasteiger partial charge < -0.3 is 9.32 Å². The maximum Gasteiger partial charge on any atom is 0.140 e. The van der Waals surface area contributed by atoms with E-state index in [1.807, 2.05) is 0 Å². The molecular weight excluding hydrogens is 619 g/mol. The van der Waals surface area contributed by atoms with Crippen LogP contribution in [-0.2, 0) is 5.41 Å². The molecule has 51 heavy (non-hydrogen) atoms. The molecule has 0 bridgehead atoms. The van der Waals surface area contributed by atoms with Gasteiger partial charge in [-0.2, -0.15) is 0 Å². The Morgan fingerprint density at radius 3 is 1.86 bits per heavy atom. The van der Waals surface area contributed by atoms with E-state index in [-0.39, 0.29) is 5.41 Å². The van der Waals surface area contributed by atoms with Crippen LogP contribution in [0, 0.1) is 0 Å². The summed E-state index contributed by atoms with van der Waals surface area (Å²) in [6.45, 7) is 4.64. The topological polar surface area (TPSA) is 16.4 Å². The van der Waals surface area contributed by atoms with Crippen molar-refractivity contribution in [3.8, 4) is 33.4 Å². The van der Waals surface area contributed by atoms with Gasteiger partial charge in [0.1, 0.15) is 11.2 Å². The first-order chi connectivity index (χ1) is 25.0. The van der Waals surface area contributed by atoms with E-state index in [0.29, 0.717) is 0 Å². The fourth-order valence-electron chi connectivity index (χ4n) is 8.33. The molecule has 1 aliphatic carbocycles. The molecule has 2 heteroatoms. The summed E-state index contributed by atoms with van der Waals surface area (Å²) < 4.78 is 6.89. The smallest absolute Gasteiger partial charge is 0.140 e. The van der Waals surface area contributed by atoms with Crippen LogP contribution in [-0.4, -0.2) is 0 Å². The summed E-state index contributed by atoms with van der Waals surface area (Å²) in [5, 5.41) is 4.75. The van der Waals surface area contributed by atoms with Crippen LogP contribution >= 0.6 is 0 Å². The number of nitrogens with zero attached hydrogens (tertiary/aromatic N) is 1. The highest BCUT2D eigenvalue weighted by atomic mass is 16.3. The van der Waals surface area contributed by atoms with Crippen LogP contribution in [0.3, 0.4) is 0 Å². The van der Waals surface area contributed by atoms with Crippen LogP contribution in [0.4, 0.5) is 17.1 Å². The van der Waals surface area contributed by atoms with Crippen LogP contribution in [0.15, 0.2) is 180 Å². The fourth-order valence-corrected chi connectivity index (χ4v) is 8.33. The molecule has 0 radical (unpaired) electrons. The Balaban J connectivity index is 1.15. The lowest BCUT2D eigenvalue weighted by Crippen LogP contribution is -2.15. The molecule has 0 saturated carbocycles. The molecule has 0 saturated heterocycles. The molecule has 0 fully saturated rings. The lowest BCUT2D eigenvalue weighted by atomic mass is 9.82. The van der Waals surface area contributed by atoms with Crippen LogP contribution in [0.2, 0.25) is 0 Å². The minimum atomic E-state index is -0.176. The summed E-state index contributed by atoms with van der Waals surface area (Å²) >= 11 is 0. The van der Waals surface area contributed by atoms with Crippen molar-refractivity contribution in [2.75, 3.05) is 4.90 Å². The second kappa shape index (κ2) is 11.3. The second-order valence-electron chi connectivity index (χ2n) is 14.1. The van der Waals surface area contributed by atoms with Gasteiger partial charge in [-0.25, -0.2) is 0 Å². The zero-order valence-electron chi connectivity index (χ0n) is 28.6. The van der Waals surface area contributed by atoms with Gasteiger partial charge in [0.2, 0.25) is 0 Å². The first-order valence-corrected chi connectivity index (χ1v) is 17.7. The van der Waals surface area contributed by atoms with Crippen LogP contribution in [0.25, 0.3) is 66.1 Å². The maximum atomic E-state index is 6.89. The molecule has 0 spiro atoms. The molecule has 2 nitrogen and oxygen atoms in total. The van der Waals surface area contributed by atoms with E-state index >= 15 is 0 Å². The Hall–Kier alpha value is -6.38. The summed E-state index contributed by atoms with van der Waals surface area (Å²) in [6.07, 6.45) is 0. The lowest BCUT2D eigenvalue weighted by molar-refractivity contribution is 0.620.